The van der Waals surface area contributed by atoms with Gasteiger partial charge in [-0.05, 0) is 145 Å². The number of halogens is 5. The van der Waals surface area contributed by atoms with Crippen molar-refractivity contribution in [1.29, 1.82) is 0 Å². The van der Waals surface area contributed by atoms with Gasteiger partial charge >= 0.3 is 0 Å². The predicted octanol–water partition coefficient (Wildman–Crippen LogP) is 14.0. The Morgan fingerprint density at radius 2 is 1.23 bits per heavy atom. The van der Waals surface area contributed by atoms with Crippen LogP contribution in [0.5, 0.6) is 0 Å². The Hall–Kier alpha value is -5.43. The second kappa shape index (κ2) is 20.7. The number of pyridine rings is 1. The zero-order chi connectivity index (χ0) is 42.8. The van der Waals surface area contributed by atoms with Crippen LogP contribution in [-0.4, -0.2) is 17.3 Å². The lowest BCUT2D eigenvalue weighted by Gasteiger charge is -2.09. The summed E-state index contributed by atoms with van der Waals surface area (Å²) in [5.74, 6) is -3.63. The van der Waals surface area contributed by atoms with Crippen molar-refractivity contribution in [3.05, 3.63) is 169 Å². The number of rotatable bonds is 5. The summed E-state index contributed by atoms with van der Waals surface area (Å²) in [7, 11) is 0. The molecule has 7 aromatic rings. The third kappa shape index (κ3) is 10.5. The van der Waals surface area contributed by atoms with E-state index in [1.54, 1.807) is 0 Å². The minimum atomic E-state index is -0.786. The van der Waals surface area contributed by atoms with E-state index < -0.39 is 40.6 Å². The number of hydrogen-bond acceptors (Lipinski definition) is 5. The quantitative estimate of drug-likeness (QED) is 0.133. The van der Waals surface area contributed by atoms with Crippen molar-refractivity contribution in [1.82, 2.24) is 4.98 Å². The molecule has 0 atom stereocenters. The summed E-state index contributed by atoms with van der Waals surface area (Å²) < 4.78 is 53.7. The maximum atomic E-state index is 13.8. The van der Waals surface area contributed by atoms with Crippen LogP contribution in [0.4, 0.5) is 28.9 Å². The van der Waals surface area contributed by atoms with Gasteiger partial charge in [0.15, 0.2) is 0 Å². The highest BCUT2D eigenvalue weighted by molar-refractivity contribution is 9.10. The summed E-state index contributed by atoms with van der Waals surface area (Å²) in [4.78, 5) is 31.0. The minimum absolute atomic E-state index is 0.224. The van der Waals surface area contributed by atoms with Gasteiger partial charge in [-0.3, -0.25) is 14.6 Å². The topological polar surface area (TPSA) is 71.1 Å². The Labute approximate surface area is 363 Å². The smallest absolute Gasteiger partial charge is 0.265 e. The molecule has 0 spiro atoms. The molecule has 0 fully saturated rings. The highest BCUT2D eigenvalue weighted by Gasteiger charge is 2.22. The van der Waals surface area contributed by atoms with Crippen LogP contribution < -0.4 is 10.6 Å². The first kappa shape index (κ1) is 44.1. The maximum Gasteiger partial charge on any atom is 0.265 e. The number of aromatic nitrogens is 1. The first-order valence-electron chi connectivity index (χ1n) is 19.5. The van der Waals surface area contributed by atoms with Gasteiger partial charge in [-0.2, -0.15) is 0 Å². The van der Waals surface area contributed by atoms with Crippen molar-refractivity contribution in [2.45, 2.75) is 59.3 Å². The average Bonchev–Trinajstić information content (AvgIpc) is 3.76. The number of anilines is 2. The van der Waals surface area contributed by atoms with Crippen LogP contribution in [0.25, 0.3) is 32.0 Å². The van der Waals surface area contributed by atoms with Gasteiger partial charge in [0.2, 0.25) is 6.41 Å². The molecule has 308 valence electrons. The van der Waals surface area contributed by atoms with Gasteiger partial charge in [-0.15, -0.1) is 22.7 Å². The first-order valence-corrected chi connectivity index (χ1v) is 22.0. The van der Waals surface area contributed by atoms with Crippen LogP contribution in [0.3, 0.4) is 0 Å². The summed E-state index contributed by atoms with van der Waals surface area (Å²) in [6, 6.07) is 28.3. The summed E-state index contributed by atoms with van der Waals surface area (Å²) in [6.45, 7) is 6.21. The SMILES string of the molecule is CC.Cc1cc2c(s1)-c1cc(-c3cccnc3)ccc1CCC2.O=C(Nc1c(F)cccc1F)c1cc2c(s1)-c1cc(Br)ccc1CCC2.O=CNc1c(F)cccc1F. The molecule has 9 rings (SSSR count). The Balaban J connectivity index is 0.000000159. The minimum Gasteiger partial charge on any atom is -0.324 e. The van der Waals surface area contributed by atoms with Gasteiger partial charge < -0.3 is 10.6 Å². The van der Waals surface area contributed by atoms with Gasteiger partial charge in [0.05, 0.1) is 4.88 Å². The molecule has 3 heterocycles. The van der Waals surface area contributed by atoms with Crippen LogP contribution in [0.2, 0.25) is 0 Å². The fourth-order valence-corrected chi connectivity index (χ4v) is 9.69. The number of carbonyl (C=O) groups excluding carboxylic acids is 2. The molecule has 4 aromatic carbocycles. The van der Waals surface area contributed by atoms with E-state index in [-0.39, 0.29) is 6.41 Å². The van der Waals surface area contributed by atoms with Crippen LogP contribution >= 0.6 is 38.6 Å². The van der Waals surface area contributed by atoms with Gasteiger partial charge in [-0.1, -0.05) is 66.2 Å². The van der Waals surface area contributed by atoms with Crippen molar-refractivity contribution in [3.8, 4) is 32.0 Å². The number of carbonyl (C=O) groups is 2. The number of nitrogens with zero attached hydrogens (tertiary/aromatic N) is 1. The molecular weight excluding hydrogens is 871 g/mol. The largest absolute Gasteiger partial charge is 0.324 e. The van der Waals surface area contributed by atoms with Crippen LogP contribution in [-0.2, 0) is 30.5 Å². The van der Waals surface area contributed by atoms with Crippen molar-refractivity contribution in [2.75, 3.05) is 10.6 Å². The van der Waals surface area contributed by atoms with Crippen LogP contribution in [0.15, 0.2) is 114 Å². The molecule has 0 aliphatic heterocycles. The molecule has 2 aliphatic rings. The number of benzene rings is 4. The molecule has 0 saturated heterocycles. The third-order valence-corrected chi connectivity index (χ3v) is 12.6. The van der Waals surface area contributed by atoms with Crippen molar-refractivity contribution < 1.29 is 27.2 Å². The van der Waals surface area contributed by atoms with E-state index in [0.717, 1.165) is 64.0 Å². The van der Waals surface area contributed by atoms with Gasteiger partial charge in [-0.25, -0.2) is 17.6 Å². The van der Waals surface area contributed by atoms with E-state index in [0.29, 0.717) is 4.88 Å². The summed E-state index contributed by atoms with van der Waals surface area (Å²) in [6.07, 6.45) is 10.5. The molecule has 2 aliphatic carbocycles. The Morgan fingerprint density at radius 3 is 1.85 bits per heavy atom. The van der Waals surface area contributed by atoms with E-state index >= 15 is 0 Å². The van der Waals surface area contributed by atoms with E-state index in [4.69, 9.17) is 0 Å². The van der Waals surface area contributed by atoms with E-state index in [1.165, 1.54) is 85.9 Å². The Kier molecular flexibility index (Phi) is 15.2. The number of aryl methyl sites for hydroxylation is 5. The second-order valence-corrected chi connectivity index (χ2v) is 16.9. The van der Waals surface area contributed by atoms with Crippen LogP contribution in [0.1, 0.15) is 63.5 Å². The molecule has 2 amide bonds. The van der Waals surface area contributed by atoms with E-state index in [1.807, 2.05) is 61.1 Å². The van der Waals surface area contributed by atoms with Crippen molar-refractivity contribution >= 4 is 62.3 Å². The number of amides is 2. The number of fused-ring (bicyclic) bond motifs is 6. The maximum absolute atomic E-state index is 13.8. The summed E-state index contributed by atoms with van der Waals surface area (Å²) in [5, 5.41) is 4.28. The standard InChI is InChI=1S/C20H14BrF2NOS.C19H17NS.C7H5F2NO.C2H6/c21-13-8-7-11-3-1-4-12-9-17(26-19(12)14(11)10-13)20(25)24-18-15(22)5-2-6-16(18)23;1-13-10-16-5-2-4-14-7-8-15(11-18(14)19(16)21-13)17-6-3-9-20-12-17;8-5-2-1-3-6(9)7(5)10-4-11;1-2/h2,5-10H,1,3-4H2,(H,24,25);3,6-12H,2,4-5H2,1H3;1-4H,(H,10,11);1-2H3. The lowest BCUT2D eigenvalue weighted by Crippen LogP contribution is -2.12. The lowest BCUT2D eigenvalue weighted by molar-refractivity contribution is -0.105. The molecule has 0 bridgehead atoms. The highest BCUT2D eigenvalue weighted by Crippen LogP contribution is 2.41. The fourth-order valence-electron chi connectivity index (χ4n) is 7.06. The van der Waals surface area contributed by atoms with E-state index in [9.17, 15) is 27.2 Å². The second-order valence-electron chi connectivity index (χ2n) is 13.7. The zero-order valence-corrected chi connectivity index (χ0v) is 36.4. The van der Waals surface area contributed by atoms with Gasteiger partial charge in [0.1, 0.15) is 34.6 Å². The van der Waals surface area contributed by atoms with Gasteiger partial charge in [0, 0.05) is 37.1 Å². The molecule has 3 aromatic heterocycles. The molecule has 12 heteroatoms. The predicted molar refractivity (Wildman–Crippen MR) is 241 cm³/mol. The molecule has 60 heavy (non-hydrogen) atoms. The molecule has 0 saturated carbocycles. The number of nitrogens with one attached hydrogen (secondary N) is 2. The average molecular weight is 913 g/mol. The molecule has 0 radical (unpaired) electrons. The van der Waals surface area contributed by atoms with Crippen molar-refractivity contribution in [2.24, 2.45) is 0 Å². The normalized spacial score (nSPS) is 12.1. The van der Waals surface area contributed by atoms with E-state index in [2.05, 4.69) is 75.6 Å². The van der Waals surface area contributed by atoms with Crippen molar-refractivity contribution in [3.63, 3.8) is 0 Å². The molecule has 2 N–H and O–H groups in total. The summed E-state index contributed by atoms with van der Waals surface area (Å²) >= 11 is 6.80. The fraction of sp³-hybridized carbons (Fsp3) is 0.188. The lowest BCUT2D eigenvalue weighted by atomic mass is 9.98. The first-order chi connectivity index (χ1) is 29.1. The number of para-hydroxylation sites is 2. The molecule has 0 unspecified atom stereocenters. The highest BCUT2D eigenvalue weighted by atomic mass is 79.9. The third-order valence-electron chi connectivity index (χ3n) is 9.78. The Morgan fingerprint density at radius 1 is 0.667 bits per heavy atom. The molecular formula is C48H42BrF4N3O2S2. The monoisotopic (exact) mass is 911 g/mol. The Bertz CT molecular complexity index is 2570. The number of thiophene rings is 2. The molecule has 5 nitrogen and oxygen atoms in total. The van der Waals surface area contributed by atoms with Crippen LogP contribution in [0, 0.1) is 30.2 Å². The number of hydrogen-bond donors (Lipinski definition) is 2. The van der Waals surface area contributed by atoms with Gasteiger partial charge in [0.25, 0.3) is 5.91 Å². The summed E-state index contributed by atoms with van der Waals surface area (Å²) in [5.41, 5.74) is 9.55. The zero-order valence-electron chi connectivity index (χ0n) is 33.2.